The molecule has 0 saturated carbocycles. The number of carboxylic acids is 1. The molecule has 1 N–H and O–H groups in total. The second-order valence-electron chi connectivity index (χ2n) is 4.20. The zero-order valence-corrected chi connectivity index (χ0v) is 11.1. The lowest BCUT2D eigenvalue weighted by molar-refractivity contribution is -0.131. The second-order valence-corrected chi connectivity index (χ2v) is 4.20. The number of aliphatic carboxylic acids is 1. The monoisotopic (exact) mass is 274 g/mol. The Bertz CT molecular complexity index is 649. The normalized spacial score (nSPS) is 10.9. The molecule has 104 valence electrons. The lowest BCUT2D eigenvalue weighted by Gasteiger charge is -2.08. The molecule has 0 atom stereocenters. The molecule has 20 heavy (non-hydrogen) atoms. The number of tetrazole rings is 1. The van der Waals surface area contributed by atoms with Crippen LogP contribution in [-0.4, -0.2) is 31.3 Å². The number of benzene rings is 1. The van der Waals surface area contributed by atoms with Crippen LogP contribution in [0.5, 0.6) is 5.75 Å². The van der Waals surface area contributed by atoms with E-state index in [4.69, 9.17) is 9.84 Å². The first-order valence-corrected chi connectivity index (χ1v) is 5.92. The van der Waals surface area contributed by atoms with Gasteiger partial charge in [-0.05, 0) is 30.3 Å². The van der Waals surface area contributed by atoms with Crippen LogP contribution in [0.1, 0.15) is 17.0 Å². The minimum Gasteiger partial charge on any atom is -0.485 e. The molecule has 0 radical (unpaired) electrons. The van der Waals surface area contributed by atoms with Gasteiger partial charge in [0.1, 0.15) is 5.75 Å². The van der Waals surface area contributed by atoms with Crippen LogP contribution in [0.25, 0.3) is 6.08 Å². The van der Waals surface area contributed by atoms with Crippen molar-refractivity contribution in [2.45, 2.75) is 13.5 Å². The summed E-state index contributed by atoms with van der Waals surface area (Å²) < 4.78 is 5.60. The predicted octanol–water partition coefficient (Wildman–Crippen LogP) is 1.20. The highest BCUT2D eigenvalue weighted by molar-refractivity contribution is 5.85. The fourth-order valence-electron chi connectivity index (χ4n) is 1.61. The molecule has 1 aromatic heterocycles. The van der Waals surface area contributed by atoms with Gasteiger partial charge in [-0.15, -0.1) is 10.2 Å². The maximum absolute atomic E-state index is 10.6. The predicted molar refractivity (Wildman–Crippen MR) is 71.0 cm³/mol. The standard InChI is InChI=1S/C13H14N4O3/c1-9-3-5-11(10(7-9)4-6-13(18)19)20-8-12-14-16-17(2)15-12/h3-7H,8H2,1-2H3,(H,18,19)/b6-4+. The van der Waals surface area contributed by atoms with Crippen molar-refractivity contribution in [3.05, 3.63) is 41.2 Å². The summed E-state index contributed by atoms with van der Waals surface area (Å²) in [5.41, 5.74) is 1.70. The highest BCUT2D eigenvalue weighted by atomic mass is 16.5. The number of hydrogen-bond donors (Lipinski definition) is 1. The first-order chi connectivity index (χ1) is 9.54. The third-order valence-electron chi connectivity index (χ3n) is 2.48. The van der Waals surface area contributed by atoms with Crippen LogP contribution >= 0.6 is 0 Å². The van der Waals surface area contributed by atoms with Crippen molar-refractivity contribution in [3.63, 3.8) is 0 Å². The summed E-state index contributed by atoms with van der Waals surface area (Å²) in [6, 6.07) is 5.52. The van der Waals surface area contributed by atoms with E-state index in [-0.39, 0.29) is 6.61 Å². The molecule has 7 heteroatoms. The smallest absolute Gasteiger partial charge is 0.328 e. The third-order valence-corrected chi connectivity index (χ3v) is 2.48. The van der Waals surface area contributed by atoms with Crippen molar-refractivity contribution in [2.24, 2.45) is 7.05 Å². The molecule has 7 nitrogen and oxygen atoms in total. The van der Waals surface area contributed by atoms with Gasteiger partial charge >= 0.3 is 5.97 Å². The summed E-state index contributed by atoms with van der Waals surface area (Å²) in [5.74, 6) is 0.0230. The molecule has 1 heterocycles. The van der Waals surface area contributed by atoms with Crippen LogP contribution < -0.4 is 4.74 Å². The number of nitrogens with zero attached hydrogens (tertiary/aromatic N) is 4. The number of aromatic nitrogens is 4. The summed E-state index contributed by atoms with van der Waals surface area (Å²) in [4.78, 5) is 11.9. The van der Waals surface area contributed by atoms with Crippen LogP contribution in [0, 0.1) is 6.92 Å². The van der Waals surface area contributed by atoms with Gasteiger partial charge in [0.05, 0.1) is 7.05 Å². The van der Waals surface area contributed by atoms with E-state index in [1.54, 1.807) is 13.1 Å². The number of rotatable bonds is 5. The Morgan fingerprint density at radius 1 is 1.50 bits per heavy atom. The van der Waals surface area contributed by atoms with Gasteiger partial charge in [-0.2, -0.15) is 4.80 Å². The Morgan fingerprint density at radius 2 is 2.30 bits per heavy atom. The van der Waals surface area contributed by atoms with E-state index in [9.17, 15) is 4.79 Å². The zero-order valence-electron chi connectivity index (χ0n) is 11.1. The molecule has 1 aromatic carbocycles. The molecular weight excluding hydrogens is 260 g/mol. The maximum atomic E-state index is 10.6. The zero-order chi connectivity index (χ0) is 14.5. The molecule has 0 unspecified atom stereocenters. The van der Waals surface area contributed by atoms with Gasteiger partial charge in [-0.1, -0.05) is 11.6 Å². The summed E-state index contributed by atoms with van der Waals surface area (Å²) in [5, 5.41) is 20.2. The first-order valence-electron chi connectivity index (χ1n) is 5.92. The molecule has 2 rings (SSSR count). The lowest BCUT2D eigenvalue weighted by Crippen LogP contribution is -2.00. The minimum atomic E-state index is -1.01. The van der Waals surface area contributed by atoms with Crippen molar-refractivity contribution in [1.82, 2.24) is 20.2 Å². The van der Waals surface area contributed by atoms with Crippen molar-refractivity contribution in [2.75, 3.05) is 0 Å². The molecule has 2 aromatic rings. The Kier molecular flexibility index (Phi) is 4.09. The van der Waals surface area contributed by atoms with Crippen LogP contribution in [0.2, 0.25) is 0 Å². The van der Waals surface area contributed by atoms with Gasteiger partial charge in [0, 0.05) is 11.6 Å². The average molecular weight is 274 g/mol. The topological polar surface area (TPSA) is 90.1 Å². The average Bonchev–Trinajstić information content (AvgIpc) is 2.81. The van der Waals surface area contributed by atoms with Crippen LogP contribution in [0.15, 0.2) is 24.3 Å². The molecule has 0 spiro atoms. The molecule has 0 saturated heterocycles. The third kappa shape index (κ3) is 3.64. The van der Waals surface area contributed by atoms with Crippen molar-refractivity contribution in [1.29, 1.82) is 0 Å². The van der Waals surface area contributed by atoms with Crippen LogP contribution in [0.4, 0.5) is 0 Å². The van der Waals surface area contributed by atoms with E-state index in [1.807, 2.05) is 19.1 Å². The highest BCUT2D eigenvalue weighted by Gasteiger charge is 2.05. The van der Waals surface area contributed by atoms with Gasteiger partial charge in [-0.25, -0.2) is 4.79 Å². The first kappa shape index (κ1) is 13.7. The highest BCUT2D eigenvalue weighted by Crippen LogP contribution is 2.22. The summed E-state index contributed by atoms with van der Waals surface area (Å²) >= 11 is 0. The largest absolute Gasteiger partial charge is 0.485 e. The van der Waals surface area contributed by atoms with E-state index in [2.05, 4.69) is 15.4 Å². The van der Waals surface area contributed by atoms with E-state index in [0.717, 1.165) is 11.6 Å². The van der Waals surface area contributed by atoms with Crippen LogP contribution in [0.3, 0.4) is 0 Å². The Hall–Kier alpha value is -2.70. The molecule has 0 aliphatic carbocycles. The lowest BCUT2D eigenvalue weighted by atomic mass is 10.1. The molecular formula is C13H14N4O3. The number of ether oxygens (including phenoxy) is 1. The molecule has 0 bridgehead atoms. The van der Waals surface area contributed by atoms with Gasteiger partial charge in [0.25, 0.3) is 0 Å². The Morgan fingerprint density at radius 3 is 2.95 bits per heavy atom. The molecule has 0 amide bonds. The fraction of sp³-hybridized carbons (Fsp3) is 0.231. The molecule has 0 fully saturated rings. The number of carboxylic acid groups (broad SMARTS) is 1. The van der Waals surface area contributed by atoms with E-state index >= 15 is 0 Å². The van der Waals surface area contributed by atoms with E-state index in [0.29, 0.717) is 17.1 Å². The quantitative estimate of drug-likeness (QED) is 0.824. The second kappa shape index (κ2) is 5.96. The van der Waals surface area contributed by atoms with Gasteiger partial charge in [0.15, 0.2) is 6.61 Å². The van der Waals surface area contributed by atoms with Gasteiger partial charge in [0.2, 0.25) is 5.82 Å². The van der Waals surface area contributed by atoms with Crippen molar-refractivity contribution < 1.29 is 14.6 Å². The number of aryl methyl sites for hydroxylation is 2. The van der Waals surface area contributed by atoms with Crippen molar-refractivity contribution >= 4 is 12.0 Å². The maximum Gasteiger partial charge on any atom is 0.328 e. The van der Waals surface area contributed by atoms with Crippen LogP contribution in [-0.2, 0) is 18.4 Å². The minimum absolute atomic E-state index is 0.171. The fourth-order valence-corrected chi connectivity index (χ4v) is 1.61. The summed E-state index contributed by atoms with van der Waals surface area (Å²) in [6.07, 6.45) is 2.57. The van der Waals surface area contributed by atoms with E-state index < -0.39 is 5.97 Å². The summed E-state index contributed by atoms with van der Waals surface area (Å²) in [7, 11) is 1.67. The Balaban J connectivity index is 2.15. The number of hydrogen-bond acceptors (Lipinski definition) is 5. The van der Waals surface area contributed by atoms with Gasteiger partial charge < -0.3 is 9.84 Å². The van der Waals surface area contributed by atoms with Crippen molar-refractivity contribution in [3.8, 4) is 5.75 Å². The van der Waals surface area contributed by atoms with E-state index in [1.165, 1.54) is 10.9 Å². The molecule has 0 aliphatic rings. The Labute approximate surface area is 115 Å². The SMILES string of the molecule is Cc1ccc(OCc2nnn(C)n2)c(/C=C/C(=O)O)c1. The summed E-state index contributed by atoms with van der Waals surface area (Å²) in [6.45, 7) is 2.09. The number of carbonyl (C=O) groups is 1. The molecule has 0 aliphatic heterocycles. The van der Waals surface area contributed by atoms with Gasteiger partial charge in [-0.3, -0.25) is 0 Å².